The fourth-order valence-electron chi connectivity index (χ4n) is 2.37. The van der Waals surface area contributed by atoms with Gasteiger partial charge in [-0.15, -0.1) is 0 Å². The molecular weight excluding hydrogens is 276 g/mol. The van der Waals surface area contributed by atoms with Crippen molar-refractivity contribution >= 4 is 22.5 Å². The molecule has 0 fully saturated rings. The summed E-state index contributed by atoms with van der Waals surface area (Å²) in [6, 6.07) is 19.1. The van der Waals surface area contributed by atoms with Crippen molar-refractivity contribution in [3.05, 3.63) is 72.4 Å². The predicted molar refractivity (Wildman–Crippen MR) is 86.6 cm³/mol. The molecule has 110 valence electrons. The quantitative estimate of drug-likeness (QED) is 0.800. The summed E-state index contributed by atoms with van der Waals surface area (Å²) >= 11 is 0. The van der Waals surface area contributed by atoms with Gasteiger partial charge >= 0.3 is 0 Å². The van der Waals surface area contributed by atoms with Crippen molar-refractivity contribution in [1.82, 2.24) is 4.98 Å². The van der Waals surface area contributed by atoms with E-state index in [-0.39, 0.29) is 5.91 Å². The molecule has 22 heavy (non-hydrogen) atoms. The Morgan fingerprint density at radius 1 is 1.09 bits per heavy atom. The number of para-hydroxylation sites is 1. The SMILES string of the molecule is CO[C@H](C(=O)Nc1cnc2ccccc2c1)c1ccccc1. The van der Waals surface area contributed by atoms with Gasteiger partial charge in [0, 0.05) is 12.5 Å². The van der Waals surface area contributed by atoms with Crippen LogP contribution in [0.2, 0.25) is 0 Å². The third kappa shape index (κ3) is 2.97. The number of aromatic nitrogens is 1. The summed E-state index contributed by atoms with van der Waals surface area (Å²) in [6.07, 6.45) is 1.01. The molecule has 4 heteroatoms. The van der Waals surface area contributed by atoms with Gasteiger partial charge < -0.3 is 10.1 Å². The van der Waals surface area contributed by atoms with Crippen molar-refractivity contribution in [3.8, 4) is 0 Å². The van der Waals surface area contributed by atoms with Gasteiger partial charge in [-0.25, -0.2) is 0 Å². The zero-order valence-electron chi connectivity index (χ0n) is 12.2. The molecule has 3 aromatic rings. The number of anilines is 1. The Labute approximate surface area is 128 Å². The number of fused-ring (bicyclic) bond motifs is 1. The second-order valence-electron chi connectivity index (χ2n) is 4.93. The van der Waals surface area contributed by atoms with Crippen LogP contribution in [0.4, 0.5) is 5.69 Å². The lowest BCUT2D eigenvalue weighted by Gasteiger charge is -2.15. The van der Waals surface area contributed by atoms with Crippen LogP contribution in [0.5, 0.6) is 0 Å². The molecule has 1 heterocycles. The van der Waals surface area contributed by atoms with Crippen LogP contribution in [0.25, 0.3) is 10.9 Å². The van der Waals surface area contributed by atoms with Crippen LogP contribution in [0.1, 0.15) is 11.7 Å². The van der Waals surface area contributed by atoms with Gasteiger partial charge in [-0.3, -0.25) is 9.78 Å². The first-order valence-electron chi connectivity index (χ1n) is 7.01. The molecule has 1 amide bonds. The van der Waals surface area contributed by atoms with Crippen molar-refractivity contribution in [1.29, 1.82) is 0 Å². The molecule has 0 spiro atoms. The predicted octanol–water partition coefficient (Wildman–Crippen LogP) is 3.56. The average molecular weight is 292 g/mol. The Balaban J connectivity index is 1.82. The van der Waals surface area contributed by atoms with Crippen LogP contribution < -0.4 is 5.32 Å². The molecule has 4 nitrogen and oxygen atoms in total. The van der Waals surface area contributed by atoms with Crippen molar-refractivity contribution in [2.75, 3.05) is 12.4 Å². The van der Waals surface area contributed by atoms with Crippen molar-refractivity contribution < 1.29 is 9.53 Å². The number of carbonyl (C=O) groups excluding carboxylic acids is 1. The molecule has 0 aliphatic heterocycles. The van der Waals surface area contributed by atoms with E-state index in [0.29, 0.717) is 5.69 Å². The standard InChI is InChI=1S/C18H16N2O2/c1-22-17(13-7-3-2-4-8-13)18(21)20-15-11-14-9-5-6-10-16(14)19-12-15/h2-12,17H,1H3,(H,20,21)/t17-/m0/s1. The molecule has 1 atom stereocenters. The van der Waals surface area contributed by atoms with E-state index in [4.69, 9.17) is 4.74 Å². The topological polar surface area (TPSA) is 51.2 Å². The highest BCUT2D eigenvalue weighted by molar-refractivity contribution is 5.96. The molecule has 3 rings (SSSR count). The average Bonchev–Trinajstić information content (AvgIpc) is 2.56. The highest BCUT2D eigenvalue weighted by Crippen LogP contribution is 2.20. The third-order valence-corrected chi connectivity index (χ3v) is 3.43. The van der Waals surface area contributed by atoms with Gasteiger partial charge in [0.25, 0.3) is 5.91 Å². The Morgan fingerprint density at radius 2 is 1.82 bits per heavy atom. The molecule has 0 unspecified atom stereocenters. The number of carbonyl (C=O) groups is 1. The number of ether oxygens (including phenoxy) is 1. The summed E-state index contributed by atoms with van der Waals surface area (Å²) in [5.74, 6) is -0.217. The minimum atomic E-state index is -0.646. The largest absolute Gasteiger partial charge is 0.367 e. The number of nitrogens with zero attached hydrogens (tertiary/aromatic N) is 1. The van der Waals surface area contributed by atoms with E-state index < -0.39 is 6.10 Å². The maximum Gasteiger partial charge on any atom is 0.258 e. The first-order valence-corrected chi connectivity index (χ1v) is 7.01. The van der Waals surface area contributed by atoms with Gasteiger partial charge in [-0.1, -0.05) is 48.5 Å². The molecule has 1 aromatic heterocycles. The summed E-state index contributed by atoms with van der Waals surface area (Å²) in [5.41, 5.74) is 2.37. The van der Waals surface area contributed by atoms with Gasteiger partial charge in [0.2, 0.25) is 0 Å². The highest BCUT2D eigenvalue weighted by atomic mass is 16.5. The number of methoxy groups -OCH3 is 1. The molecule has 0 radical (unpaired) electrons. The number of hydrogen-bond acceptors (Lipinski definition) is 3. The van der Waals surface area contributed by atoms with E-state index in [0.717, 1.165) is 16.5 Å². The van der Waals surface area contributed by atoms with Crippen molar-refractivity contribution in [3.63, 3.8) is 0 Å². The fourth-order valence-corrected chi connectivity index (χ4v) is 2.37. The monoisotopic (exact) mass is 292 g/mol. The number of benzene rings is 2. The Morgan fingerprint density at radius 3 is 2.59 bits per heavy atom. The second-order valence-corrected chi connectivity index (χ2v) is 4.93. The maximum absolute atomic E-state index is 12.4. The summed E-state index contributed by atoms with van der Waals surface area (Å²) in [6.45, 7) is 0. The summed E-state index contributed by atoms with van der Waals surface area (Å²) in [4.78, 5) is 16.8. The van der Waals surface area contributed by atoms with Gasteiger partial charge in [0.15, 0.2) is 6.10 Å². The molecule has 0 bridgehead atoms. The Bertz CT molecular complexity index is 787. The van der Waals surface area contributed by atoms with Gasteiger partial charge in [0.1, 0.15) is 0 Å². The molecule has 0 saturated carbocycles. The smallest absolute Gasteiger partial charge is 0.258 e. The fraction of sp³-hybridized carbons (Fsp3) is 0.111. The lowest BCUT2D eigenvalue weighted by Crippen LogP contribution is -2.22. The van der Waals surface area contributed by atoms with E-state index in [9.17, 15) is 4.79 Å². The lowest BCUT2D eigenvalue weighted by molar-refractivity contribution is -0.126. The van der Waals surface area contributed by atoms with Crippen molar-refractivity contribution in [2.45, 2.75) is 6.10 Å². The summed E-state index contributed by atoms with van der Waals surface area (Å²) < 4.78 is 5.33. The molecular formula is C18H16N2O2. The zero-order chi connectivity index (χ0) is 15.4. The Kier molecular flexibility index (Phi) is 4.12. The lowest BCUT2D eigenvalue weighted by atomic mass is 10.1. The maximum atomic E-state index is 12.4. The third-order valence-electron chi connectivity index (χ3n) is 3.43. The van der Waals surface area contributed by atoms with Crippen molar-refractivity contribution in [2.24, 2.45) is 0 Å². The molecule has 0 aliphatic rings. The van der Waals surface area contributed by atoms with E-state index in [2.05, 4.69) is 10.3 Å². The number of nitrogens with one attached hydrogen (secondary N) is 1. The molecule has 0 saturated heterocycles. The number of rotatable bonds is 4. The van der Waals surface area contributed by atoms with Crippen LogP contribution in [-0.4, -0.2) is 18.0 Å². The normalized spacial score (nSPS) is 12.0. The Hall–Kier alpha value is -2.72. The van der Waals surface area contributed by atoms with Crippen LogP contribution in [0.3, 0.4) is 0 Å². The van der Waals surface area contributed by atoms with Crippen LogP contribution >= 0.6 is 0 Å². The minimum Gasteiger partial charge on any atom is -0.367 e. The van der Waals surface area contributed by atoms with Crippen LogP contribution in [0.15, 0.2) is 66.9 Å². The van der Waals surface area contributed by atoms with Crippen LogP contribution in [0, 0.1) is 0 Å². The van der Waals surface area contributed by atoms with Gasteiger partial charge in [0.05, 0.1) is 17.4 Å². The van der Waals surface area contributed by atoms with Crippen LogP contribution in [-0.2, 0) is 9.53 Å². The highest BCUT2D eigenvalue weighted by Gasteiger charge is 2.19. The summed E-state index contributed by atoms with van der Waals surface area (Å²) in [5, 5.41) is 3.84. The second kappa shape index (κ2) is 6.37. The number of amides is 1. The first-order chi connectivity index (χ1) is 10.8. The minimum absolute atomic E-state index is 0.217. The van der Waals surface area contributed by atoms with E-state index in [1.54, 1.807) is 6.20 Å². The van der Waals surface area contributed by atoms with Gasteiger partial charge in [-0.05, 0) is 17.7 Å². The number of hydrogen-bond donors (Lipinski definition) is 1. The number of pyridine rings is 1. The zero-order valence-corrected chi connectivity index (χ0v) is 12.2. The van der Waals surface area contributed by atoms with Gasteiger partial charge in [-0.2, -0.15) is 0 Å². The van der Waals surface area contributed by atoms with E-state index >= 15 is 0 Å². The van der Waals surface area contributed by atoms with E-state index in [1.807, 2.05) is 60.7 Å². The molecule has 0 aliphatic carbocycles. The molecule has 2 aromatic carbocycles. The first kappa shape index (κ1) is 14.2. The summed E-state index contributed by atoms with van der Waals surface area (Å²) in [7, 11) is 1.52. The molecule has 1 N–H and O–H groups in total. The van der Waals surface area contributed by atoms with E-state index in [1.165, 1.54) is 7.11 Å².